The van der Waals surface area contributed by atoms with Gasteiger partial charge in [0.1, 0.15) is 12.4 Å². The van der Waals surface area contributed by atoms with Gasteiger partial charge in [0.2, 0.25) is 0 Å². The number of nitrogens with zero attached hydrogens (tertiary/aromatic N) is 4. The zero-order chi connectivity index (χ0) is 24.2. The summed E-state index contributed by atoms with van der Waals surface area (Å²) in [5.74, 6) is 0.336. The van der Waals surface area contributed by atoms with Crippen molar-refractivity contribution < 1.29 is 9.53 Å². The zero-order valence-corrected chi connectivity index (χ0v) is 21.1. The van der Waals surface area contributed by atoms with Gasteiger partial charge in [-0.3, -0.25) is 9.59 Å². The van der Waals surface area contributed by atoms with E-state index in [2.05, 4.69) is 28.0 Å². The molecule has 0 radical (unpaired) electrons. The fraction of sp³-hybridized carbons (Fsp3) is 0.308. The molecule has 2 heterocycles. The number of rotatable bonds is 8. The van der Waals surface area contributed by atoms with Crippen molar-refractivity contribution in [2.24, 2.45) is 5.10 Å². The Bertz CT molecular complexity index is 1450. The van der Waals surface area contributed by atoms with Crippen molar-refractivity contribution in [3.05, 3.63) is 74.4 Å². The van der Waals surface area contributed by atoms with Crippen molar-refractivity contribution >= 4 is 49.9 Å². The third-order valence-corrected chi connectivity index (χ3v) is 6.30. The number of hydrogen-bond donors (Lipinski definition) is 0. The van der Waals surface area contributed by atoms with Crippen LogP contribution in [-0.4, -0.2) is 33.0 Å². The summed E-state index contributed by atoms with van der Waals surface area (Å²) in [6.07, 6.45) is 4.24. The maximum absolute atomic E-state index is 13.4. The van der Waals surface area contributed by atoms with Crippen molar-refractivity contribution in [2.75, 3.05) is 6.61 Å². The molecule has 4 rings (SSSR count). The summed E-state index contributed by atoms with van der Waals surface area (Å²) in [5, 5.41) is 6.08. The molecule has 0 spiro atoms. The molecular weight excluding hydrogens is 496 g/mol. The van der Waals surface area contributed by atoms with E-state index in [9.17, 15) is 9.59 Å². The second-order valence-corrected chi connectivity index (χ2v) is 8.98. The first-order valence-electron chi connectivity index (χ1n) is 11.4. The molecule has 176 valence electrons. The molecule has 0 aliphatic carbocycles. The fourth-order valence-corrected chi connectivity index (χ4v) is 4.45. The first-order valence-corrected chi connectivity index (χ1v) is 12.2. The molecule has 0 atom stereocenters. The number of fused-ring (bicyclic) bond motifs is 2. The van der Waals surface area contributed by atoms with Crippen molar-refractivity contribution in [2.45, 2.75) is 46.6 Å². The number of aryl methyl sites for hydroxylation is 1. The maximum atomic E-state index is 13.4. The average molecular weight is 523 g/mol. The summed E-state index contributed by atoms with van der Waals surface area (Å²) in [4.78, 5) is 30.3. The lowest BCUT2D eigenvalue weighted by Crippen LogP contribution is -2.22. The largest absolute Gasteiger partial charge is 0.465 e. The van der Waals surface area contributed by atoms with Crippen LogP contribution < -0.4 is 5.56 Å². The van der Waals surface area contributed by atoms with Crippen LogP contribution in [0.2, 0.25) is 0 Å². The number of hydrogen-bond acceptors (Lipinski definition) is 5. The molecule has 0 aliphatic heterocycles. The predicted molar refractivity (Wildman–Crippen MR) is 139 cm³/mol. The first kappa shape index (κ1) is 23.9. The summed E-state index contributed by atoms with van der Waals surface area (Å²) in [6.45, 7) is 6.28. The van der Waals surface area contributed by atoms with Gasteiger partial charge in [0, 0.05) is 33.1 Å². The zero-order valence-electron chi connectivity index (χ0n) is 19.5. The van der Waals surface area contributed by atoms with E-state index in [0.717, 1.165) is 39.5 Å². The van der Waals surface area contributed by atoms with Gasteiger partial charge in [0.25, 0.3) is 5.56 Å². The van der Waals surface area contributed by atoms with Gasteiger partial charge in [-0.1, -0.05) is 47.5 Å². The summed E-state index contributed by atoms with van der Waals surface area (Å²) in [6, 6.07) is 13.3. The van der Waals surface area contributed by atoms with Gasteiger partial charge in [-0.2, -0.15) is 9.78 Å². The number of aromatic nitrogens is 3. The van der Waals surface area contributed by atoms with E-state index in [4.69, 9.17) is 9.72 Å². The number of para-hydroxylation sites is 1. The third kappa shape index (κ3) is 4.68. The highest BCUT2D eigenvalue weighted by Gasteiger charge is 2.16. The van der Waals surface area contributed by atoms with Crippen LogP contribution >= 0.6 is 15.9 Å². The monoisotopic (exact) mass is 522 g/mol. The van der Waals surface area contributed by atoms with E-state index in [1.807, 2.05) is 47.9 Å². The van der Waals surface area contributed by atoms with Crippen LogP contribution in [0.1, 0.15) is 43.8 Å². The molecular formula is C26H27BrN4O3. The molecule has 4 aromatic rings. The Balaban J connectivity index is 1.85. The van der Waals surface area contributed by atoms with Crippen LogP contribution in [-0.2, 0) is 22.5 Å². The Morgan fingerprint density at radius 1 is 1.18 bits per heavy atom. The van der Waals surface area contributed by atoms with E-state index >= 15 is 0 Å². The molecule has 0 amide bonds. The summed E-state index contributed by atoms with van der Waals surface area (Å²) < 4.78 is 9.30. The third-order valence-electron chi connectivity index (χ3n) is 5.80. The van der Waals surface area contributed by atoms with Crippen molar-refractivity contribution in [3.8, 4) is 0 Å². The van der Waals surface area contributed by atoms with Gasteiger partial charge < -0.3 is 9.30 Å². The lowest BCUT2D eigenvalue weighted by Gasteiger charge is -2.09. The Labute approximate surface area is 206 Å². The molecule has 0 saturated heterocycles. The Morgan fingerprint density at radius 3 is 2.74 bits per heavy atom. The van der Waals surface area contributed by atoms with Gasteiger partial charge in [0.05, 0.1) is 23.7 Å². The van der Waals surface area contributed by atoms with Crippen molar-refractivity contribution in [3.63, 3.8) is 0 Å². The molecule has 0 aliphatic rings. The smallest absolute Gasteiger partial charge is 0.325 e. The number of carbonyl (C=O) groups excluding carboxylic acids is 1. The second kappa shape index (κ2) is 10.3. The van der Waals surface area contributed by atoms with Crippen LogP contribution in [0.3, 0.4) is 0 Å². The second-order valence-electron chi connectivity index (χ2n) is 8.06. The summed E-state index contributed by atoms with van der Waals surface area (Å²) >= 11 is 3.44. The molecule has 0 N–H and O–H groups in total. The van der Waals surface area contributed by atoms with E-state index in [1.54, 1.807) is 19.2 Å². The summed E-state index contributed by atoms with van der Waals surface area (Å²) in [7, 11) is 0. The number of unbranched alkanes of at least 4 members (excludes halogenated alkanes) is 1. The number of benzene rings is 2. The topological polar surface area (TPSA) is 78.5 Å². The van der Waals surface area contributed by atoms with Crippen LogP contribution in [0, 0.1) is 6.92 Å². The minimum Gasteiger partial charge on any atom is -0.465 e. The highest BCUT2D eigenvalue weighted by atomic mass is 79.9. The van der Waals surface area contributed by atoms with E-state index in [0.29, 0.717) is 29.8 Å². The number of ether oxygens (including phenoxy) is 1. The van der Waals surface area contributed by atoms with E-state index < -0.39 is 0 Å². The molecule has 0 unspecified atom stereocenters. The van der Waals surface area contributed by atoms with Crippen LogP contribution in [0.4, 0.5) is 0 Å². The van der Waals surface area contributed by atoms with Crippen molar-refractivity contribution in [1.82, 2.24) is 14.2 Å². The highest BCUT2D eigenvalue weighted by molar-refractivity contribution is 9.10. The van der Waals surface area contributed by atoms with Gasteiger partial charge >= 0.3 is 5.97 Å². The quantitative estimate of drug-likeness (QED) is 0.235. The van der Waals surface area contributed by atoms with Crippen LogP contribution in [0.25, 0.3) is 21.8 Å². The van der Waals surface area contributed by atoms with Gasteiger partial charge in [-0.05, 0) is 44.5 Å². The lowest BCUT2D eigenvalue weighted by atomic mass is 10.1. The van der Waals surface area contributed by atoms with Gasteiger partial charge in [0.15, 0.2) is 0 Å². The Hall–Kier alpha value is -3.26. The number of halogens is 1. The van der Waals surface area contributed by atoms with E-state index in [1.165, 1.54) is 4.68 Å². The number of carbonyl (C=O) groups is 1. The van der Waals surface area contributed by atoms with E-state index in [-0.39, 0.29) is 18.1 Å². The SMILES string of the molecule is CCCCc1nc2ccc(Br)cc2c(=O)n1N=Cc1c(C)n(CC(=O)OCC)c2ccccc12. The minimum absolute atomic E-state index is 0.112. The number of esters is 1. The molecule has 2 aromatic heterocycles. The molecule has 8 heteroatoms. The molecule has 0 saturated carbocycles. The maximum Gasteiger partial charge on any atom is 0.325 e. The standard InChI is InChI=1S/C26H27BrN4O3/c1-4-6-11-24-29-22-13-12-18(27)14-20(22)26(33)31(24)28-15-21-17(3)30(16-25(32)34-5-2)23-10-8-7-9-19(21)23/h7-10,12-15H,4-6,11,16H2,1-3H3. The minimum atomic E-state index is -0.294. The average Bonchev–Trinajstić information content (AvgIpc) is 3.08. The van der Waals surface area contributed by atoms with Gasteiger partial charge in [-0.25, -0.2) is 4.98 Å². The molecule has 2 aromatic carbocycles. The lowest BCUT2D eigenvalue weighted by molar-refractivity contribution is -0.143. The normalized spacial score (nSPS) is 11.6. The Kier molecular flexibility index (Phi) is 7.26. The highest BCUT2D eigenvalue weighted by Crippen LogP contribution is 2.25. The first-order chi connectivity index (χ1) is 16.4. The van der Waals surface area contributed by atoms with Crippen LogP contribution in [0.5, 0.6) is 0 Å². The molecule has 0 bridgehead atoms. The molecule has 34 heavy (non-hydrogen) atoms. The van der Waals surface area contributed by atoms with Gasteiger partial charge in [-0.15, -0.1) is 0 Å². The molecule has 7 nitrogen and oxygen atoms in total. The fourth-order valence-electron chi connectivity index (χ4n) is 4.09. The van der Waals surface area contributed by atoms with Crippen molar-refractivity contribution in [1.29, 1.82) is 0 Å². The molecule has 0 fully saturated rings. The predicted octanol–water partition coefficient (Wildman–Crippen LogP) is 5.21. The van der Waals surface area contributed by atoms with Crippen LogP contribution in [0.15, 0.2) is 56.8 Å². The summed E-state index contributed by atoms with van der Waals surface area (Å²) in [5.41, 5.74) is 3.09. The Morgan fingerprint density at radius 2 is 1.97 bits per heavy atom.